The molecule has 142 valence electrons. The van der Waals surface area contributed by atoms with Gasteiger partial charge in [0.1, 0.15) is 17.9 Å². The molecule has 1 aromatic carbocycles. The summed E-state index contributed by atoms with van der Waals surface area (Å²) in [6, 6.07) is 4.05. The van der Waals surface area contributed by atoms with Crippen LogP contribution in [0.25, 0.3) is 10.9 Å². The minimum Gasteiger partial charge on any atom is -0.493 e. The molecule has 9 heteroatoms. The van der Waals surface area contributed by atoms with E-state index < -0.39 is 10.2 Å². The van der Waals surface area contributed by atoms with Crippen LogP contribution in [0.1, 0.15) is 25.3 Å². The zero-order valence-corrected chi connectivity index (χ0v) is 15.9. The normalized spacial score (nSPS) is 15.3. The molecule has 0 bridgehead atoms. The third-order valence-corrected chi connectivity index (χ3v) is 5.09. The minimum atomic E-state index is -3.61. The maximum Gasteiger partial charge on any atom is 0.274 e. The van der Waals surface area contributed by atoms with Gasteiger partial charge in [-0.1, -0.05) is 6.92 Å². The van der Waals surface area contributed by atoms with E-state index in [1.807, 2.05) is 19.1 Å². The van der Waals surface area contributed by atoms with Crippen molar-refractivity contribution in [2.45, 2.75) is 26.7 Å². The molecule has 1 aliphatic rings. The fourth-order valence-corrected chi connectivity index (χ4v) is 3.53. The maximum atomic E-state index is 10.9. The lowest BCUT2D eigenvalue weighted by atomic mass is 9.96. The van der Waals surface area contributed by atoms with Crippen molar-refractivity contribution >= 4 is 26.9 Å². The summed E-state index contributed by atoms with van der Waals surface area (Å²) in [6.07, 6.45) is 3.29. The van der Waals surface area contributed by atoms with Gasteiger partial charge < -0.3 is 9.64 Å². The number of nitrogens with one attached hydrogen (secondary N) is 1. The van der Waals surface area contributed by atoms with Gasteiger partial charge in [-0.2, -0.15) is 8.42 Å². The number of aryl methyl sites for hydroxylation is 1. The van der Waals surface area contributed by atoms with Crippen molar-refractivity contribution in [1.29, 1.82) is 0 Å². The van der Waals surface area contributed by atoms with Gasteiger partial charge in [-0.3, -0.25) is 0 Å². The summed E-state index contributed by atoms with van der Waals surface area (Å²) in [5, 5.41) is 5.92. The molecule has 1 saturated heterocycles. The van der Waals surface area contributed by atoms with E-state index in [0.29, 0.717) is 19.1 Å². The molecule has 3 N–H and O–H groups in total. The SMILES string of the molecule is CCCOc1cc2c(N3CC(CCNS(N)(=O)=O)C3)ncnc2cc1C. The van der Waals surface area contributed by atoms with Gasteiger partial charge in [0.15, 0.2) is 0 Å². The summed E-state index contributed by atoms with van der Waals surface area (Å²) in [5.74, 6) is 2.17. The zero-order chi connectivity index (χ0) is 18.7. The number of rotatable bonds is 8. The second kappa shape index (κ2) is 7.73. The van der Waals surface area contributed by atoms with Gasteiger partial charge in [-0.15, -0.1) is 0 Å². The van der Waals surface area contributed by atoms with Crippen molar-refractivity contribution in [2.75, 3.05) is 31.1 Å². The molecule has 26 heavy (non-hydrogen) atoms. The number of nitrogens with two attached hydrogens (primary N) is 1. The molecule has 0 radical (unpaired) electrons. The van der Waals surface area contributed by atoms with Crippen molar-refractivity contribution < 1.29 is 13.2 Å². The smallest absolute Gasteiger partial charge is 0.274 e. The molecular formula is C17H25N5O3S. The number of hydrogen-bond acceptors (Lipinski definition) is 6. The Kier molecular flexibility index (Phi) is 5.59. The van der Waals surface area contributed by atoms with E-state index in [9.17, 15) is 8.42 Å². The lowest BCUT2D eigenvalue weighted by Gasteiger charge is -2.40. The van der Waals surface area contributed by atoms with Crippen molar-refractivity contribution in [3.05, 3.63) is 24.0 Å². The molecule has 3 rings (SSSR count). The molecule has 2 heterocycles. The number of anilines is 1. The average Bonchev–Trinajstić information content (AvgIpc) is 2.53. The lowest BCUT2D eigenvalue weighted by molar-refractivity contribution is 0.316. The quantitative estimate of drug-likeness (QED) is 0.716. The number of aromatic nitrogens is 2. The molecule has 0 atom stereocenters. The van der Waals surface area contributed by atoms with Crippen molar-refractivity contribution in [2.24, 2.45) is 11.1 Å². The Morgan fingerprint density at radius 1 is 1.35 bits per heavy atom. The lowest BCUT2D eigenvalue weighted by Crippen LogP contribution is -2.48. The molecule has 2 aromatic rings. The molecule has 1 fully saturated rings. The zero-order valence-electron chi connectivity index (χ0n) is 15.1. The number of nitrogens with zero attached hydrogens (tertiary/aromatic N) is 3. The first-order valence-corrected chi connectivity index (χ1v) is 10.3. The van der Waals surface area contributed by atoms with E-state index in [-0.39, 0.29) is 0 Å². The van der Waals surface area contributed by atoms with Gasteiger partial charge in [0.2, 0.25) is 0 Å². The highest BCUT2D eigenvalue weighted by molar-refractivity contribution is 7.87. The van der Waals surface area contributed by atoms with Crippen LogP contribution in [-0.4, -0.2) is 44.6 Å². The number of hydrogen-bond donors (Lipinski definition) is 2. The first-order valence-electron chi connectivity index (χ1n) is 8.78. The summed E-state index contributed by atoms with van der Waals surface area (Å²) in [7, 11) is -3.61. The topological polar surface area (TPSA) is 110 Å². The van der Waals surface area contributed by atoms with Crippen LogP contribution >= 0.6 is 0 Å². The van der Waals surface area contributed by atoms with Crippen LogP contribution in [0, 0.1) is 12.8 Å². The van der Waals surface area contributed by atoms with Crippen LogP contribution in [0.4, 0.5) is 5.82 Å². The Hall–Kier alpha value is -1.97. The summed E-state index contributed by atoms with van der Waals surface area (Å²) in [4.78, 5) is 11.0. The van der Waals surface area contributed by atoms with Crippen LogP contribution in [-0.2, 0) is 10.2 Å². The molecule has 0 unspecified atom stereocenters. The highest BCUT2D eigenvalue weighted by Crippen LogP contribution is 2.33. The molecule has 0 aliphatic carbocycles. The van der Waals surface area contributed by atoms with Crippen LogP contribution in [0.15, 0.2) is 18.5 Å². The highest BCUT2D eigenvalue weighted by Gasteiger charge is 2.29. The Bertz CT molecular complexity index is 881. The first kappa shape index (κ1) is 18.8. The van der Waals surface area contributed by atoms with Crippen LogP contribution in [0.3, 0.4) is 0 Å². The van der Waals surface area contributed by atoms with Crippen molar-refractivity contribution in [3.8, 4) is 5.75 Å². The average molecular weight is 379 g/mol. The Labute approximate surface area is 153 Å². The monoisotopic (exact) mass is 379 g/mol. The van der Waals surface area contributed by atoms with Gasteiger partial charge in [-0.25, -0.2) is 19.8 Å². The summed E-state index contributed by atoms with van der Waals surface area (Å²) < 4.78 is 30.0. The van der Waals surface area contributed by atoms with Gasteiger partial charge in [0, 0.05) is 25.0 Å². The molecule has 8 nitrogen and oxygen atoms in total. The standard InChI is InChI=1S/C17H25N5O3S/c1-3-6-25-16-8-14-15(7-12(16)2)19-11-20-17(14)22-9-13(10-22)4-5-21-26(18,23)24/h7-8,11,13,21H,3-6,9-10H2,1-2H3,(H2,18,23,24). The Balaban J connectivity index is 1.71. The number of fused-ring (bicyclic) bond motifs is 1. The fraction of sp³-hybridized carbons (Fsp3) is 0.529. The highest BCUT2D eigenvalue weighted by atomic mass is 32.2. The maximum absolute atomic E-state index is 10.9. The van der Waals surface area contributed by atoms with E-state index in [4.69, 9.17) is 9.88 Å². The molecule has 1 aliphatic heterocycles. The second-order valence-electron chi connectivity index (χ2n) is 6.68. The van der Waals surface area contributed by atoms with Crippen LogP contribution in [0.2, 0.25) is 0 Å². The van der Waals surface area contributed by atoms with E-state index >= 15 is 0 Å². The van der Waals surface area contributed by atoms with E-state index in [2.05, 4.69) is 26.5 Å². The molecule has 0 amide bonds. The van der Waals surface area contributed by atoms with Gasteiger partial charge in [-0.05, 0) is 43.4 Å². The summed E-state index contributed by atoms with van der Waals surface area (Å²) >= 11 is 0. The van der Waals surface area contributed by atoms with Gasteiger partial charge in [0.05, 0.1) is 12.1 Å². The fourth-order valence-electron chi connectivity index (χ4n) is 3.12. The Morgan fingerprint density at radius 3 is 2.81 bits per heavy atom. The predicted octanol–water partition coefficient (Wildman–Crippen LogP) is 1.35. The molecule has 1 aromatic heterocycles. The predicted molar refractivity (Wildman–Crippen MR) is 101 cm³/mol. The van der Waals surface area contributed by atoms with E-state index in [1.165, 1.54) is 0 Å². The van der Waals surface area contributed by atoms with Crippen LogP contribution in [0.5, 0.6) is 5.75 Å². The third-order valence-electron chi connectivity index (χ3n) is 4.49. The van der Waals surface area contributed by atoms with Gasteiger partial charge >= 0.3 is 0 Å². The minimum absolute atomic E-state index is 0.357. The summed E-state index contributed by atoms with van der Waals surface area (Å²) in [6.45, 7) is 6.80. The summed E-state index contributed by atoms with van der Waals surface area (Å²) in [5.41, 5.74) is 1.96. The van der Waals surface area contributed by atoms with Crippen molar-refractivity contribution in [3.63, 3.8) is 0 Å². The van der Waals surface area contributed by atoms with Crippen LogP contribution < -0.4 is 19.5 Å². The molecule has 0 saturated carbocycles. The number of benzene rings is 1. The third kappa shape index (κ3) is 4.40. The number of ether oxygens (including phenoxy) is 1. The Morgan fingerprint density at radius 2 is 2.12 bits per heavy atom. The first-order chi connectivity index (χ1) is 12.4. The molecule has 0 spiro atoms. The largest absolute Gasteiger partial charge is 0.493 e. The second-order valence-corrected chi connectivity index (χ2v) is 8.06. The van der Waals surface area contributed by atoms with Gasteiger partial charge in [0.25, 0.3) is 10.2 Å². The van der Waals surface area contributed by atoms with E-state index in [1.54, 1.807) is 6.33 Å². The van der Waals surface area contributed by atoms with E-state index in [0.717, 1.165) is 54.0 Å². The molecular weight excluding hydrogens is 354 g/mol. The van der Waals surface area contributed by atoms with Crippen molar-refractivity contribution in [1.82, 2.24) is 14.7 Å².